The van der Waals surface area contributed by atoms with Crippen LogP contribution in [0.4, 0.5) is 4.79 Å². The maximum absolute atomic E-state index is 11.1. The number of benzene rings is 1. The minimum atomic E-state index is -1.03. The molecule has 0 spiro atoms. The van der Waals surface area contributed by atoms with Gasteiger partial charge in [0.1, 0.15) is 11.5 Å². The van der Waals surface area contributed by atoms with E-state index in [0.717, 1.165) is 12.1 Å². The highest BCUT2D eigenvalue weighted by Gasteiger charge is 2.12. The molecule has 0 unspecified atom stereocenters. The van der Waals surface area contributed by atoms with Crippen molar-refractivity contribution >= 4 is 11.9 Å². The van der Waals surface area contributed by atoms with Crippen molar-refractivity contribution in [2.24, 2.45) is 5.73 Å². The lowest BCUT2D eigenvalue weighted by molar-refractivity contribution is 0.0963. The molecule has 5 N–H and O–H groups in total. The van der Waals surface area contributed by atoms with E-state index in [2.05, 4.69) is 0 Å². The Hall–Kier alpha value is -2.24. The lowest BCUT2D eigenvalue weighted by Crippen LogP contribution is -2.34. The first-order chi connectivity index (χ1) is 6.50. The largest absolute Gasteiger partial charge is 0.508 e. The minimum absolute atomic E-state index is 0.197. The van der Waals surface area contributed by atoms with E-state index in [1.807, 2.05) is 0 Å². The quantitative estimate of drug-likeness (QED) is 0.470. The predicted molar refractivity (Wildman–Crippen MR) is 46.8 cm³/mol. The highest BCUT2D eigenvalue weighted by Crippen LogP contribution is 2.21. The summed E-state index contributed by atoms with van der Waals surface area (Å²) in [6.45, 7) is 0. The molecule has 0 aromatic heterocycles. The summed E-state index contributed by atoms with van der Waals surface area (Å²) in [5, 5.41) is 20.0. The number of carbonyl (C=O) groups is 2. The molecule has 3 amide bonds. The van der Waals surface area contributed by atoms with Crippen molar-refractivity contribution in [2.45, 2.75) is 0 Å². The second kappa shape index (κ2) is 3.65. The van der Waals surface area contributed by atoms with Crippen LogP contribution in [0.3, 0.4) is 0 Å². The lowest BCUT2D eigenvalue weighted by Gasteiger charge is -2.03. The number of imide groups is 1. The molecule has 1 aromatic carbocycles. The molecular weight excluding hydrogens is 188 g/mol. The molecule has 0 bridgehead atoms. The molecule has 1 rings (SSSR count). The molecule has 14 heavy (non-hydrogen) atoms. The van der Waals surface area contributed by atoms with Gasteiger partial charge in [0.25, 0.3) is 5.91 Å². The third-order valence-corrected chi connectivity index (χ3v) is 1.46. The second-order valence-electron chi connectivity index (χ2n) is 2.52. The fourth-order valence-corrected chi connectivity index (χ4v) is 0.885. The first kappa shape index (κ1) is 9.85. The number of nitrogens with one attached hydrogen (secondary N) is 1. The Balaban J connectivity index is 3.00. The first-order valence-corrected chi connectivity index (χ1v) is 3.63. The molecule has 1 aromatic rings. The Bertz CT molecular complexity index is 389. The van der Waals surface area contributed by atoms with Crippen molar-refractivity contribution in [3.63, 3.8) is 0 Å². The van der Waals surface area contributed by atoms with Crippen molar-refractivity contribution in [2.75, 3.05) is 0 Å². The first-order valence-electron chi connectivity index (χ1n) is 3.63. The number of primary amides is 1. The fraction of sp³-hybridized carbons (Fsp3) is 0. The summed E-state index contributed by atoms with van der Waals surface area (Å²) < 4.78 is 0. The molecule has 74 valence electrons. The number of phenols is 2. The minimum Gasteiger partial charge on any atom is -0.508 e. The molecule has 0 radical (unpaired) electrons. The summed E-state index contributed by atoms with van der Waals surface area (Å²) in [5.74, 6) is -1.41. The van der Waals surface area contributed by atoms with E-state index in [1.165, 1.54) is 6.07 Å². The normalized spacial score (nSPS) is 9.43. The van der Waals surface area contributed by atoms with Crippen molar-refractivity contribution in [3.05, 3.63) is 23.8 Å². The zero-order chi connectivity index (χ0) is 10.7. The number of amides is 3. The standard InChI is InChI=1S/C8H8N2O4/c9-8(14)10-7(13)5-3-4(11)1-2-6(5)12/h1-3,11-12H,(H3,9,10,13,14). The Morgan fingerprint density at radius 2 is 1.93 bits per heavy atom. The van der Waals surface area contributed by atoms with Crippen LogP contribution in [0.2, 0.25) is 0 Å². The second-order valence-corrected chi connectivity index (χ2v) is 2.52. The summed E-state index contributed by atoms with van der Waals surface area (Å²) in [6, 6.07) is 2.33. The molecule has 0 aliphatic heterocycles. The monoisotopic (exact) mass is 196 g/mol. The van der Waals surface area contributed by atoms with E-state index in [1.54, 1.807) is 5.32 Å². The third-order valence-electron chi connectivity index (χ3n) is 1.46. The van der Waals surface area contributed by atoms with E-state index >= 15 is 0 Å². The Morgan fingerprint density at radius 3 is 2.50 bits per heavy atom. The van der Waals surface area contributed by atoms with Gasteiger partial charge in [0, 0.05) is 0 Å². The van der Waals surface area contributed by atoms with E-state index in [0.29, 0.717) is 0 Å². The van der Waals surface area contributed by atoms with Crippen LogP contribution in [0.25, 0.3) is 0 Å². The van der Waals surface area contributed by atoms with E-state index in [4.69, 9.17) is 10.8 Å². The fourth-order valence-electron chi connectivity index (χ4n) is 0.885. The van der Waals surface area contributed by atoms with Crippen LogP contribution in [-0.2, 0) is 0 Å². The molecule has 0 heterocycles. The molecule has 0 fully saturated rings. The number of aromatic hydroxyl groups is 2. The van der Waals surface area contributed by atoms with Gasteiger partial charge in [-0.15, -0.1) is 0 Å². The van der Waals surface area contributed by atoms with Gasteiger partial charge in [-0.2, -0.15) is 0 Å². The number of rotatable bonds is 1. The Kier molecular flexibility index (Phi) is 2.57. The molecule has 0 saturated carbocycles. The molecule has 6 heteroatoms. The van der Waals surface area contributed by atoms with Crippen LogP contribution in [0.5, 0.6) is 11.5 Å². The molecule has 0 atom stereocenters. The molecular formula is C8H8N2O4. The maximum atomic E-state index is 11.1. The van der Waals surface area contributed by atoms with Gasteiger partial charge in [0.05, 0.1) is 5.56 Å². The van der Waals surface area contributed by atoms with Crippen LogP contribution in [0.1, 0.15) is 10.4 Å². The summed E-state index contributed by atoms with van der Waals surface area (Å²) in [5.41, 5.74) is 4.49. The third kappa shape index (κ3) is 2.13. The van der Waals surface area contributed by atoms with Gasteiger partial charge in [-0.05, 0) is 18.2 Å². The van der Waals surface area contributed by atoms with Crippen LogP contribution in [-0.4, -0.2) is 22.2 Å². The smallest absolute Gasteiger partial charge is 0.319 e. The Labute approximate surface area is 79.0 Å². The summed E-state index contributed by atoms with van der Waals surface area (Å²) in [6.07, 6.45) is 0. The maximum Gasteiger partial charge on any atom is 0.319 e. The van der Waals surface area contributed by atoms with Crippen molar-refractivity contribution in [1.82, 2.24) is 5.32 Å². The van der Waals surface area contributed by atoms with E-state index in [9.17, 15) is 14.7 Å². The number of hydrogen-bond donors (Lipinski definition) is 4. The molecule has 0 aliphatic rings. The van der Waals surface area contributed by atoms with E-state index < -0.39 is 11.9 Å². The SMILES string of the molecule is NC(=O)NC(=O)c1cc(O)ccc1O. The zero-order valence-corrected chi connectivity index (χ0v) is 7.02. The molecule has 6 nitrogen and oxygen atoms in total. The van der Waals surface area contributed by atoms with Crippen molar-refractivity contribution in [1.29, 1.82) is 0 Å². The van der Waals surface area contributed by atoms with Gasteiger partial charge in [-0.25, -0.2) is 4.79 Å². The average Bonchev–Trinajstić information content (AvgIpc) is 2.08. The van der Waals surface area contributed by atoms with Crippen molar-refractivity contribution < 1.29 is 19.8 Å². The van der Waals surface area contributed by atoms with Crippen LogP contribution >= 0.6 is 0 Å². The van der Waals surface area contributed by atoms with Gasteiger partial charge in [-0.1, -0.05) is 0 Å². The predicted octanol–water partition coefficient (Wildman–Crippen LogP) is -0.0937. The topological polar surface area (TPSA) is 113 Å². The van der Waals surface area contributed by atoms with E-state index in [-0.39, 0.29) is 17.1 Å². The van der Waals surface area contributed by atoms with Gasteiger partial charge in [-0.3, -0.25) is 10.1 Å². The summed E-state index contributed by atoms with van der Waals surface area (Å²) in [4.78, 5) is 21.5. The lowest BCUT2D eigenvalue weighted by atomic mass is 10.2. The van der Waals surface area contributed by atoms with Gasteiger partial charge in [0.2, 0.25) is 0 Å². The van der Waals surface area contributed by atoms with Crippen LogP contribution in [0, 0.1) is 0 Å². The summed E-state index contributed by atoms with van der Waals surface area (Å²) in [7, 11) is 0. The highest BCUT2D eigenvalue weighted by atomic mass is 16.3. The summed E-state index contributed by atoms with van der Waals surface area (Å²) >= 11 is 0. The number of urea groups is 1. The number of nitrogens with two attached hydrogens (primary N) is 1. The highest BCUT2D eigenvalue weighted by molar-refractivity contribution is 6.05. The zero-order valence-electron chi connectivity index (χ0n) is 7.02. The number of phenolic OH excluding ortho intramolecular Hbond substituents is 2. The van der Waals surface area contributed by atoms with Crippen LogP contribution < -0.4 is 11.1 Å². The van der Waals surface area contributed by atoms with Gasteiger partial charge < -0.3 is 15.9 Å². The van der Waals surface area contributed by atoms with Gasteiger partial charge in [0.15, 0.2) is 0 Å². The molecule has 0 aliphatic carbocycles. The van der Waals surface area contributed by atoms with Crippen LogP contribution in [0.15, 0.2) is 18.2 Å². The average molecular weight is 196 g/mol. The molecule has 0 saturated heterocycles. The number of hydrogen-bond acceptors (Lipinski definition) is 4. The Morgan fingerprint density at radius 1 is 1.29 bits per heavy atom. The van der Waals surface area contributed by atoms with Gasteiger partial charge >= 0.3 is 6.03 Å². The van der Waals surface area contributed by atoms with Crippen molar-refractivity contribution in [3.8, 4) is 11.5 Å². The number of carbonyl (C=O) groups excluding carboxylic acids is 2.